The number of ether oxygens (including phenoxy) is 3. The third-order valence-electron chi connectivity index (χ3n) is 4.48. The van der Waals surface area contributed by atoms with Crippen LogP contribution in [0.3, 0.4) is 0 Å². The van der Waals surface area contributed by atoms with Gasteiger partial charge in [0, 0.05) is 37.5 Å². The normalized spacial score (nSPS) is 19.6. The molecule has 3 heterocycles. The van der Waals surface area contributed by atoms with Crippen LogP contribution in [0, 0.1) is 5.92 Å². The molecular formula is C20H21N3O4. The predicted octanol–water partition coefficient (Wildman–Crippen LogP) is 3.98. The SMILES string of the molecule is CC1COCCC1c1noc(COc2cccc(Oc3ccccn3)c2)n1. The zero-order chi connectivity index (χ0) is 18.5. The minimum Gasteiger partial charge on any atom is -0.484 e. The summed E-state index contributed by atoms with van der Waals surface area (Å²) in [7, 11) is 0. The lowest BCUT2D eigenvalue weighted by molar-refractivity contribution is 0.0447. The third-order valence-corrected chi connectivity index (χ3v) is 4.48. The highest BCUT2D eigenvalue weighted by Gasteiger charge is 2.27. The number of hydrogen-bond donors (Lipinski definition) is 0. The minimum atomic E-state index is 0.206. The number of aromatic nitrogens is 3. The molecule has 0 aliphatic carbocycles. The van der Waals surface area contributed by atoms with Crippen molar-refractivity contribution in [1.82, 2.24) is 15.1 Å². The molecule has 3 aromatic rings. The summed E-state index contributed by atoms with van der Waals surface area (Å²) in [6, 6.07) is 12.9. The first-order valence-electron chi connectivity index (χ1n) is 9.00. The van der Waals surface area contributed by atoms with Crippen molar-refractivity contribution in [1.29, 1.82) is 0 Å². The summed E-state index contributed by atoms with van der Waals surface area (Å²) in [5.74, 6) is 3.67. The number of nitrogens with zero attached hydrogens (tertiary/aromatic N) is 3. The van der Waals surface area contributed by atoms with Gasteiger partial charge in [-0.25, -0.2) is 4.98 Å². The Balaban J connectivity index is 1.37. The summed E-state index contributed by atoms with van der Waals surface area (Å²) in [4.78, 5) is 8.64. The molecular weight excluding hydrogens is 346 g/mol. The Kier molecular flexibility index (Phi) is 5.29. The minimum absolute atomic E-state index is 0.206. The molecule has 27 heavy (non-hydrogen) atoms. The van der Waals surface area contributed by atoms with Crippen molar-refractivity contribution < 1.29 is 18.7 Å². The number of hydrogen-bond acceptors (Lipinski definition) is 7. The first-order chi connectivity index (χ1) is 13.3. The van der Waals surface area contributed by atoms with E-state index >= 15 is 0 Å². The summed E-state index contributed by atoms with van der Waals surface area (Å²) in [6.07, 6.45) is 2.59. The Labute approximate surface area is 157 Å². The molecule has 2 unspecified atom stereocenters. The van der Waals surface area contributed by atoms with E-state index in [0.717, 1.165) is 25.5 Å². The fraction of sp³-hybridized carbons (Fsp3) is 0.350. The summed E-state index contributed by atoms with van der Waals surface area (Å²) < 4.78 is 22.3. The molecule has 1 aromatic carbocycles. The van der Waals surface area contributed by atoms with E-state index in [1.54, 1.807) is 18.3 Å². The molecule has 140 valence electrons. The summed E-state index contributed by atoms with van der Waals surface area (Å²) in [5, 5.41) is 4.12. The second-order valence-corrected chi connectivity index (χ2v) is 6.53. The van der Waals surface area contributed by atoms with E-state index in [1.165, 1.54) is 0 Å². The maximum atomic E-state index is 5.78. The Morgan fingerprint density at radius 3 is 2.93 bits per heavy atom. The first kappa shape index (κ1) is 17.5. The van der Waals surface area contributed by atoms with Gasteiger partial charge in [-0.05, 0) is 30.5 Å². The van der Waals surface area contributed by atoms with Gasteiger partial charge in [0.1, 0.15) is 11.5 Å². The van der Waals surface area contributed by atoms with Crippen LogP contribution in [0.4, 0.5) is 0 Å². The van der Waals surface area contributed by atoms with E-state index in [0.29, 0.717) is 29.2 Å². The molecule has 2 aromatic heterocycles. The quantitative estimate of drug-likeness (QED) is 0.652. The molecule has 1 aliphatic rings. The molecule has 4 rings (SSSR count). The zero-order valence-corrected chi connectivity index (χ0v) is 15.1. The second-order valence-electron chi connectivity index (χ2n) is 6.53. The van der Waals surface area contributed by atoms with E-state index in [2.05, 4.69) is 22.0 Å². The van der Waals surface area contributed by atoms with Crippen LogP contribution in [0.25, 0.3) is 0 Å². The molecule has 0 N–H and O–H groups in total. The Hall–Kier alpha value is -2.93. The molecule has 7 nitrogen and oxygen atoms in total. The molecule has 0 spiro atoms. The van der Waals surface area contributed by atoms with Crippen molar-refractivity contribution in [2.24, 2.45) is 5.92 Å². The number of benzene rings is 1. The lowest BCUT2D eigenvalue weighted by Gasteiger charge is -2.25. The van der Waals surface area contributed by atoms with E-state index in [4.69, 9.17) is 18.7 Å². The molecule has 1 aliphatic heterocycles. The lowest BCUT2D eigenvalue weighted by atomic mass is 9.89. The maximum absolute atomic E-state index is 5.78. The van der Waals surface area contributed by atoms with Gasteiger partial charge in [-0.3, -0.25) is 0 Å². The fourth-order valence-electron chi connectivity index (χ4n) is 3.04. The van der Waals surface area contributed by atoms with Gasteiger partial charge < -0.3 is 18.7 Å². The summed E-state index contributed by atoms with van der Waals surface area (Å²) in [6.45, 7) is 3.81. The van der Waals surface area contributed by atoms with Gasteiger partial charge >= 0.3 is 0 Å². The monoisotopic (exact) mass is 367 g/mol. The van der Waals surface area contributed by atoms with Crippen molar-refractivity contribution in [2.45, 2.75) is 25.9 Å². The second kappa shape index (κ2) is 8.18. The smallest absolute Gasteiger partial charge is 0.264 e. The number of pyridine rings is 1. The Morgan fingerprint density at radius 1 is 1.15 bits per heavy atom. The Morgan fingerprint density at radius 2 is 2.07 bits per heavy atom. The molecule has 7 heteroatoms. The third kappa shape index (κ3) is 4.43. The van der Waals surface area contributed by atoms with E-state index in [9.17, 15) is 0 Å². The van der Waals surface area contributed by atoms with Gasteiger partial charge in [-0.2, -0.15) is 4.98 Å². The summed E-state index contributed by atoms with van der Waals surface area (Å²) in [5.41, 5.74) is 0. The maximum Gasteiger partial charge on any atom is 0.264 e. The lowest BCUT2D eigenvalue weighted by Crippen LogP contribution is -2.24. The van der Waals surface area contributed by atoms with E-state index < -0.39 is 0 Å². The highest BCUT2D eigenvalue weighted by Crippen LogP contribution is 2.30. The van der Waals surface area contributed by atoms with E-state index in [-0.39, 0.29) is 12.5 Å². The fourth-order valence-corrected chi connectivity index (χ4v) is 3.04. The predicted molar refractivity (Wildman–Crippen MR) is 96.7 cm³/mol. The average Bonchev–Trinajstić information content (AvgIpc) is 3.17. The molecule has 0 amide bonds. The highest BCUT2D eigenvalue weighted by molar-refractivity contribution is 5.35. The van der Waals surface area contributed by atoms with Gasteiger partial charge in [0.05, 0.1) is 0 Å². The van der Waals surface area contributed by atoms with E-state index in [1.807, 2.05) is 30.3 Å². The van der Waals surface area contributed by atoms with Crippen molar-refractivity contribution in [3.63, 3.8) is 0 Å². The zero-order valence-electron chi connectivity index (χ0n) is 15.1. The van der Waals surface area contributed by atoms with Crippen molar-refractivity contribution in [2.75, 3.05) is 13.2 Å². The molecule has 0 saturated carbocycles. The van der Waals surface area contributed by atoms with Crippen LogP contribution in [-0.4, -0.2) is 28.3 Å². The van der Waals surface area contributed by atoms with Crippen LogP contribution < -0.4 is 9.47 Å². The van der Waals surface area contributed by atoms with Crippen LogP contribution >= 0.6 is 0 Å². The average molecular weight is 367 g/mol. The topological polar surface area (TPSA) is 79.5 Å². The van der Waals surface area contributed by atoms with Crippen molar-refractivity contribution >= 4 is 0 Å². The van der Waals surface area contributed by atoms with Crippen molar-refractivity contribution in [3.05, 3.63) is 60.4 Å². The van der Waals surface area contributed by atoms with Crippen LogP contribution in [0.5, 0.6) is 17.4 Å². The van der Waals surface area contributed by atoms with Gasteiger partial charge in [-0.1, -0.05) is 24.2 Å². The Bertz CT molecular complexity index is 868. The van der Waals surface area contributed by atoms with Crippen LogP contribution in [0.15, 0.2) is 53.2 Å². The van der Waals surface area contributed by atoms with Crippen LogP contribution in [-0.2, 0) is 11.3 Å². The summed E-state index contributed by atoms with van der Waals surface area (Å²) >= 11 is 0. The van der Waals surface area contributed by atoms with Crippen LogP contribution in [0.1, 0.15) is 31.0 Å². The largest absolute Gasteiger partial charge is 0.484 e. The number of rotatable bonds is 6. The van der Waals surface area contributed by atoms with Gasteiger partial charge in [0.25, 0.3) is 5.89 Å². The highest BCUT2D eigenvalue weighted by atomic mass is 16.5. The van der Waals surface area contributed by atoms with Crippen LogP contribution in [0.2, 0.25) is 0 Å². The molecule has 0 radical (unpaired) electrons. The standard InChI is InChI=1S/C20H21N3O4/c1-14-12-24-10-8-17(14)20-22-19(27-23-20)13-25-15-5-4-6-16(11-15)26-18-7-2-3-9-21-18/h2-7,9,11,14,17H,8,10,12-13H2,1H3. The molecule has 0 bridgehead atoms. The van der Waals surface area contributed by atoms with Gasteiger partial charge in [0.2, 0.25) is 5.88 Å². The van der Waals surface area contributed by atoms with Crippen molar-refractivity contribution in [3.8, 4) is 17.4 Å². The van der Waals surface area contributed by atoms with Gasteiger partial charge in [0.15, 0.2) is 12.4 Å². The van der Waals surface area contributed by atoms with Gasteiger partial charge in [-0.15, -0.1) is 0 Å². The molecule has 1 saturated heterocycles. The molecule has 2 atom stereocenters. The first-order valence-corrected chi connectivity index (χ1v) is 9.00. The molecule has 1 fully saturated rings.